The summed E-state index contributed by atoms with van der Waals surface area (Å²) in [5.74, 6) is -0.415. The van der Waals surface area contributed by atoms with E-state index in [-0.39, 0.29) is 30.5 Å². The zero-order valence-electron chi connectivity index (χ0n) is 11.5. The minimum Gasteiger partial charge on any atom is -0.396 e. The van der Waals surface area contributed by atoms with Crippen LogP contribution in [-0.4, -0.2) is 42.3 Å². The molecule has 0 bridgehead atoms. The van der Waals surface area contributed by atoms with Crippen molar-refractivity contribution in [2.24, 2.45) is 0 Å². The number of hydrogen-bond acceptors (Lipinski definition) is 5. The first-order chi connectivity index (χ1) is 9.49. The van der Waals surface area contributed by atoms with Gasteiger partial charge in [0.25, 0.3) is 11.6 Å². The molecule has 0 saturated heterocycles. The third-order valence-electron chi connectivity index (χ3n) is 2.86. The van der Waals surface area contributed by atoms with E-state index >= 15 is 0 Å². The first-order valence-corrected chi connectivity index (χ1v) is 6.15. The molecule has 0 fully saturated rings. The summed E-state index contributed by atoms with van der Waals surface area (Å²) in [6.45, 7) is 1.89. The zero-order valence-corrected chi connectivity index (χ0v) is 11.5. The van der Waals surface area contributed by atoms with Gasteiger partial charge in [-0.2, -0.15) is 0 Å². The van der Waals surface area contributed by atoms with Gasteiger partial charge in [-0.3, -0.25) is 14.9 Å². The molecule has 1 unspecified atom stereocenters. The monoisotopic (exact) mass is 282 g/mol. The van der Waals surface area contributed by atoms with E-state index in [1.807, 2.05) is 0 Å². The molecule has 1 aromatic carbocycles. The number of nitro groups is 1. The van der Waals surface area contributed by atoms with Crippen molar-refractivity contribution in [2.75, 3.05) is 20.3 Å². The molecular formula is C13H18N2O5. The zero-order chi connectivity index (χ0) is 15.1. The van der Waals surface area contributed by atoms with Crippen molar-refractivity contribution in [2.45, 2.75) is 19.4 Å². The van der Waals surface area contributed by atoms with E-state index in [0.29, 0.717) is 12.0 Å². The number of hydrogen-bond donors (Lipinski definition) is 2. The van der Waals surface area contributed by atoms with Crippen molar-refractivity contribution < 1.29 is 19.6 Å². The fourth-order valence-corrected chi connectivity index (χ4v) is 1.79. The Morgan fingerprint density at radius 1 is 1.55 bits per heavy atom. The minimum atomic E-state index is -0.545. The lowest BCUT2D eigenvalue weighted by Gasteiger charge is -2.17. The van der Waals surface area contributed by atoms with Gasteiger partial charge in [-0.05, 0) is 18.9 Å². The standard InChI is InChI=1S/C13H18N2O5/c1-9-3-4-11(15(18)19)7-12(9)13(17)14-10(5-6-16)8-20-2/h3-4,7,10,16H,5-6,8H2,1-2H3,(H,14,17). The Hall–Kier alpha value is -1.99. The Balaban J connectivity index is 2.90. The second-order valence-electron chi connectivity index (χ2n) is 4.39. The molecule has 1 amide bonds. The molecule has 1 rings (SSSR count). The molecule has 7 heteroatoms. The van der Waals surface area contributed by atoms with Crippen LogP contribution in [0.3, 0.4) is 0 Å². The molecule has 1 atom stereocenters. The number of nitrogens with zero attached hydrogens (tertiary/aromatic N) is 1. The van der Waals surface area contributed by atoms with Gasteiger partial charge < -0.3 is 15.2 Å². The molecule has 0 saturated carbocycles. The van der Waals surface area contributed by atoms with Gasteiger partial charge in [0, 0.05) is 31.4 Å². The van der Waals surface area contributed by atoms with Gasteiger partial charge in [0.05, 0.1) is 17.6 Å². The highest BCUT2D eigenvalue weighted by molar-refractivity contribution is 5.96. The Kier molecular flexibility index (Phi) is 6.08. The number of nitro benzene ring substituents is 1. The van der Waals surface area contributed by atoms with Crippen LogP contribution >= 0.6 is 0 Å². The van der Waals surface area contributed by atoms with Crippen LogP contribution in [0, 0.1) is 17.0 Å². The molecule has 2 N–H and O–H groups in total. The Bertz CT molecular complexity index is 484. The number of benzene rings is 1. The van der Waals surface area contributed by atoms with E-state index in [9.17, 15) is 14.9 Å². The van der Waals surface area contributed by atoms with Crippen molar-refractivity contribution in [3.8, 4) is 0 Å². The van der Waals surface area contributed by atoms with Crippen molar-refractivity contribution >= 4 is 11.6 Å². The van der Waals surface area contributed by atoms with Crippen molar-refractivity contribution in [3.05, 3.63) is 39.4 Å². The van der Waals surface area contributed by atoms with E-state index in [1.165, 1.54) is 25.3 Å². The Morgan fingerprint density at radius 3 is 2.80 bits per heavy atom. The topological polar surface area (TPSA) is 102 Å². The smallest absolute Gasteiger partial charge is 0.270 e. The molecular weight excluding hydrogens is 264 g/mol. The van der Waals surface area contributed by atoms with E-state index < -0.39 is 10.8 Å². The maximum Gasteiger partial charge on any atom is 0.270 e. The number of carbonyl (C=O) groups excluding carboxylic acids is 1. The Morgan fingerprint density at radius 2 is 2.25 bits per heavy atom. The highest BCUT2D eigenvalue weighted by Crippen LogP contribution is 2.17. The van der Waals surface area contributed by atoms with Crippen LogP contribution in [0.15, 0.2) is 18.2 Å². The average molecular weight is 282 g/mol. The summed E-state index contributed by atoms with van der Waals surface area (Å²) in [4.78, 5) is 22.3. The highest BCUT2D eigenvalue weighted by Gasteiger charge is 2.17. The third-order valence-corrected chi connectivity index (χ3v) is 2.86. The molecule has 7 nitrogen and oxygen atoms in total. The fraction of sp³-hybridized carbons (Fsp3) is 0.462. The van der Waals surface area contributed by atoms with Crippen molar-refractivity contribution in [1.29, 1.82) is 0 Å². The molecule has 0 aliphatic carbocycles. The highest BCUT2D eigenvalue weighted by atomic mass is 16.6. The van der Waals surface area contributed by atoms with E-state index in [4.69, 9.17) is 9.84 Å². The van der Waals surface area contributed by atoms with E-state index in [1.54, 1.807) is 6.92 Å². The first kappa shape index (κ1) is 16.1. The molecule has 0 spiro atoms. The minimum absolute atomic E-state index is 0.0811. The molecule has 0 heterocycles. The molecule has 0 aliphatic heterocycles. The summed E-state index contributed by atoms with van der Waals surface area (Å²) in [6, 6.07) is 3.79. The summed E-state index contributed by atoms with van der Waals surface area (Å²) in [6.07, 6.45) is 0.355. The fourth-order valence-electron chi connectivity index (χ4n) is 1.79. The molecule has 0 aliphatic rings. The largest absolute Gasteiger partial charge is 0.396 e. The van der Waals surface area contributed by atoms with Crippen LogP contribution in [0.25, 0.3) is 0 Å². The lowest BCUT2D eigenvalue weighted by atomic mass is 10.1. The normalized spacial score (nSPS) is 11.9. The number of aryl methyl sites for hydroxylation is 1. The lowest BCUT2D eigenvalue weighted by molar-refractivity contribution is -0.384. The number of amides is 1. The van der Waals surface area contributed by atoms with E-state index in [2.05, 4.69) is 5.32 Å². The molecule has 0 aromatic heterocycles. The summed E-state index contributed by atoms with van der Waals surface area (Å²) < 4.78 is 4.95. The number of aliphatic hydroxyl groups is 1. The predicted molar refractivity (Wildman–Crippen MR) is 72.7 cm³/mol. The summed E-state index contributed by atoms with van der Waals surface area (Å²) in [7, 11) is 1.50. The van der Waals surface area contributed by atoms with Crippen LogP contribution in [-0.2, 0) is 4.74 Å². The van der Waals surface area contributed by atoms with Crippen LogP contribution in [0.4, 0.5) is 5.69 Å². The molecule has 20 heavy (non-hydrogen) atoms. The van der Waals surface area contributed by atoms with Gasteiger partial charge in [-0.15, -0.1) is 0 Å². The van der Waals surface area contributed by atoms with Crippen molar-refractivity contribution in [1.82, 2.24) is 5.32 Å². The maximum absolute atomic E-state index is 12.1. The van der Waals surface area contributed by atoms with Gasteiger partial charge in [0.1, 0.15) is 0 Å². The summed E-state index contributed by atoms with van der Waals surface area (Å²) >= 11 is 0. The van der Waals surface area contributed by atoms with E-state index in [0.717, 1.165) is 0 Å². The Labute approximate surface area is 116 Å². The number of rotatable bonds is 7. The first-order valence-electron chi connectivity index (χ1n) is 6.15. The molecule has 1 aromatic rings. The molecule has 110 valence electrons. The molecule has 0 radical (unpaired) electrons. The quantitative estimate of drug-likeness (QED) is 0.574. The van der Waals surface area contributed by atoms with Crippen LogP contribution < -0.4 is 5.32 Å². The average Bonchev–Trinajstić information content (AvgIpc) is 2.39. The van der Waals surface area contributed by atoms with Gasteiger partial charge >= 0.3 is 0 Å². The number of aliphatic hydroxyl groups excluding tert-OH is 1. The SMILES string of the molecule is COCC(CCO)NC(=O)c1cc([N+](=O)[O-])ccc1C. The number of methoxy groups -OCH3 is 1. The van der Waals surface area contributed by atoms with Gasteiger partial charge in [0.2, 0.25) is 0 Å². The summed E-state index contributed by atoms with van der Waals surface area (Å²) in [5, 5.41) is 22.4. The number of nitrogens with one attached hydrogen (secondary N) is 1. The van der Waals surface area contributed by atoms with Crippen LogP contribution in [0.5, 0.6) is 0 Å². The van der Waals surface area contributed by atoms with Crippen LogP contribution in [0.2, 0.25) is 0 Å². The van der Waals surface area contributed by atoms with Crippen LogP contribution in [0.1, 0.15) is 22.3 Å². The van der Waals surface area contributed by atoms with Gasteiger partial charge in [0.15, 0.2) is 0 Å². The predicted octanol–water partition coefficient (Wildman–Crippen LogP) is 1.03. The maximum atomic E-state index is 12.1. The van der Waals surface area contributed by atoms with Crippen molar-refractivity contribution in [3.63, 3.8) is 0 Å². The number of ether oxygens (including phenoxy) is 1. The van der Waals surface area contributed by atoms with Gasteiger partial charge in [-0.25, -0.2) is 0 Å². The van der Waals surface area contributed by atoms with Gasteiger partial charge in [-0.1, -0.05) is 6.07 Å². The summed E-state index contributed by atoms with van der Waals surface area (Å²) in [5.41, 5.74) is 0.762. The second kappa shape index (κ2) is 7.56. The second-order valence-corrected chi connectivity index (χ2v) is 4.39. The number of non-ortho nitro benzene ring substituents is 1. The lowest BCUT2D eigenvalue weighted by Crippen LogP contribution is -2.39. The number of carbonyl (C=O) groups is 1. The third kappa shape index (κ3) is 4.29.